The van der Waals surface area contributed by atoms with Crippen molar-refractivity contribution in [2.24, 2.45) is 5.73 Å². The van der Waals surface area contributed by atoms with Crippen molar-refractivity contribution < 1.29 is 13.9 Å². The number of carbonyl (C=O) groups is 1. The molecule has 1 aromatic rings. The molecular weight excluding hydrogens is 256 g/mol. The third-order valence-corrected chi connectivity index (χ3v) is 2.19. The Labute approximate surface area is 104 Å². The van der Waals surface area contributed by atoms with Crippen LogP contribution in [0, 0.1) is 5.82 Å². The quantitative estimate of drug-likeness (QED) is 0.852. The molecule has 2 N–H and O–H groups in total. The molecular formula is C10H12Cl2FNO2. The van der Waals surface area contributed by atoms with Gasteiger partial charge in [0.05, 0.1) is 7.11 Å². The predicted molar refractivity (Wildman–Crippen MR) is 62.4 cm³/mol. The average Bonchev–Trinajstić information content (AvgIpc) is 2.22. The Morgan fingerprint density at radius 1 is 1.62 bits per heavy atom. The van der Waals surface area contributed by atoms with E-state index >= 15 is 0 Å². The highest BCUT2D eigenvalue weighted by Crippen LogP contribution is 2.16. The van der Waals surface area contributed by atoms with Gasteiger partial charge >= 0.3 is 5.97 Å². The maximum atomic E-state index is 13.2. The molecule has 0 fully saturated rings. The smallest absolute Gasteiger partial charge is 0.322 e. The standard InChI is InChI=1S/C10H11ClFNO2.ClH/c1-15-10(14)9(13)5-6-4-7(11)2-3-8(6)12;/h2-4,9H,5,13H2,1H3;1H/t9-;/m1./s1. The van der Waals surface area contributed by atoms with E-state index in [2.05, 4.69) is 4.74 Å². The average molecular weight is 268 g/mol. The van der Waals surface area contributed by atoms with Crippen molar-refractivity contribution in [1.82, 2.24) is 0 Å². The first-order valence-corrected chi connectivity index (χ1v) is 4.69. The molecule has 0 saturated carbocycles. The maximum Gasteiger partial charge on any atom is 0.322 e. The van der Waals surface area contributed by atoms with Crippen molar-refractivity contribution in [3.63, 3.8) is 0 Å². The van der Waals surface area contributed by atoms with Crippen LogP contribution < -0.4 is 5.73 Å². The zero-order valence-electron chi connectivity index (χ0n) is 8.57. The van der Waals surface area contributed by atoms with E-state index in [0.717, 1.165) is 0 Å². The fourth-order valence-corrected chi connectivity index (χ4v) is 1.37. The molecule has 3 nitrogen and oxygen atoms in total. The first-order valence-electron chi connectivity index (χ1n) is 4.32. The summed E-state index contributed by atoms with van der Waals surface area (Å²) in [6, 6.07) is 3.24. The minimum absolute atomic E-state index is 0. The Bertz CT molecular complexity index is 374. The Hall–Kier alpha value is -0.840. The van der Waals surface area contributed by atoms with Crippen LogP contribution >= 0.6 is 24.0 Å². The Morgan fingerprint density at radius 2 is 2.25 bits per heavy atom. The summed E-state index contributed by atoms with van der Waals surface area (Å²) in [5.74, 6) is -1.01. The first-order chi connectivity index (χ1) is 7.04. The van der Waals surface area contributed by atoms with Crippen LogP contribution in [-0.4, -0.2) is 19.1 Å². The van der Waals surface area contributed by atoms with Gasteiger partial charge in [-0.2, -0.15) is 0 Å². The number of nitrogens with two attached hydrogens (primary N) is 1. The van der Waals surface area contributed by atoms with Gasteiger partial charge < -0.3 is 10.5 Å². The Morgan fingerprint density at radius 3 is 2.81 bits per heavy atom. The van der Waals surface area contributed by atoms with Crippen molar-refractivity contribution in [3.05, 3.63) is 34.6 Å². The van der Waals surface area contributed by atoms with E-state index in [1.807, 2.05) is 0 Å². The number of esters is 1. The van der Waals surface area contributed by atoms with Gasteiger partial charge in [-0.1, -0.05) is 11.6 Å². The molecule has 0 spiro atoms. The van der Waals surface area contributed by atoms with Gasteiger partial charge in [-0.3, -0.25) is 4.79 Å². The summed E-state index contributed by atoms with van der Waals surface area (Å²) in [6.45, 7) is 0. The topological polar surface area (TPSA) is 52.3 Å². The van der Waals surface area contributed by atoms with Crippen LogP contribution in [-0.2, 0) is 16.0 Å². The second-order valence-corrected chi connectivity index (χ2v) is 3.51. The third-order valence-electron chi connectivity index (χ3n) is 1.95. The molecule has 0 aliphatic rings. The molecule has 1 aromatic carbocycles. The number of hydrogen-bond donors (Lipinski definition) is 1. The van der Waals surface area contributed by atoms with Crippen molar-refractivity contribution in [2.75, 3.05) is 7.11 Å². The van der Waals surface area contributed by atoms with Gasteiger partial charge in [0.25, 0.3) is 0 Å². The number of rotatable bonds is 3. The van der Waals surface area contributed by atoms with E-state index in [4.69, 9.17) is 17.3 Å². The Kier molecular flexibility index (Phi) is 6.33. The van der Waals surface area contributed by atoms with E-state index in [1.165, 1.54) is 25.3 Å². The van der Waals surface area contributed by atoms with E-state index in [1.54, 1.807) is 0 Å². The lowest BCUT2D eigenvalue weighted by Gasteiger charge is -2.09. The largest absolute Gasteiger partial charge is 0.468 e. The fourth-order valence-electron chi connectivity index (χ4n) is 1.17. The number of methoxy groups -OCH3 is 1. The normalized spacial score (nSPS) is 11.5. The predicted octanol–water partition coefficient (Wildman–Crippen LogP) is 1.94. The number of halogens is 3. The highest BCUT2D eigenvalue weighted by atomic mass is 35.5. The second kappa shape index (κ2) is 6.68. The third kappa shape index (κ3) is 3.96. The van der Waals surface area contributed by atoms with Gasteiger partial charge in [0, 0.05) is 11.4 Å². The molecule has 0 radical (unpaired) electrons. The van der Waals surface area contributed by atoms with Crippen molar-refractivity contribution in [1.29, 1.82) is 0 Å². The minimum atomic E-state index is -0.872. The lowest BCUT2D eigenvalue weighted by molar-refractivity contribution is -0.142. The van der Waals surface area contributed by atoms with Crippen LogP contribution in [0.15, 0.2) is 18.2 Å². The molecule has 0 aliphatic heterocycles. The van der Waals surface area contributed by atoms with Gasteiger partial charge in [-0.15, -0.1) is 12.4 Å². The summed E-state index contributed by atoms with van der Waals surface area (Å²) >= 11 is 5.69. The molecule has 0 saturated heterocycles. The van der Waals surface area contributed by atoms with Crippen LogP contribution in [0.3, 0.4) is 0 Å². The van der Waals surface area contributed by atoms with Crippen LogP contribution in [0.5, 0.6) is 0 Å². The molecule has 0 amide bonds. The molecule has 0 aliphatic carbocycles. The van der Waals surface area contributed by atoms with Gasteiger partial charge in [0.15, 0.2) is 0 Å². The molecule has 16 heavy (non-hydrogen) atoms. The lowest BCUT2D eigenvalue weighted by Crippen LogP contribution is -2.33. The summed E-state index contributed by atoms with van der Waals surface area (Å²) in [4.78, 5) is 11.0. The fraction of sp³-hybridized carbons (Fsp3) is 0.300. The van der Waals surface area contributed by atoms with Gasteiger partial charge in [-0.05, 0) is 23.8 Å². The van der Waals surface area contributed by atoms with Crippen LogP contribution in [0.2, 0.25) is 5.02 Å². The molecule has 0 unspecified atom stereocenters. The molecule has 0 heterocycles. The van der Waals surface area contributed by atoms with Crippen molar-refractivity contribution in [3.8, 4) is 0 Å². The molecule has 0 aromatic heterocycles. The van der Waals surface area contributed by atoms with Crippen molar-refractivity contribution in [2.45, 2.75) is 12.5 Å². The number of ether oxygens (including phenoxy) is 1. The van der Waals surface area contributed by atoms with Crippen molar-refractivity contribution >= 4 is 30.0 Å². The monoisotopic (exact) mass is 267 g/mol. The highest BCUT2D eigenvalue weighted by molar-refractivity contribution is 6.30. The zero-order valence-corrected chi connectivity index (χ0v) is 10.1. The second-order valence-electron chi connectivity index (χ2n) is 3.07. The molecule has 0 bridgehead atoms. The molecule has 90 valence electrons. The maximum absolute atomic E-state index is 13.2. The molecule has 1 rings (SSSR count). The highest BCUT2D eigenvalue weighted by Gasteiger charge is 2.16. The van der Waals surface area contributed by atoms with Gasteiger partial charge in [0.1, 0.15) is 11.9 Å². The lowest BCUT2D eigenvalue weighted by atomic mass is 10.1. The van der Waals surface area contributed by atoms with Crippen LogP contribution in [0.25, 0.3) is 0 Å². The minimum Gasteiger partial charge on any atom is -0.468 e. The summed E-state index contributed by atoms with van der Waals surface area (Å²) in [7, 11) is 1.23. The first kappa shape index (κ1) is 15.2. The Balaban J connectivity index is 0.00000225. The number of carbonyl (C=O) groups excluding carboxylic acids is 1. The summed E-state index contributed by atoms with van der Waals surface area (Å²) in [5.41, 5.74) is 5.80. The van der Waals surface area contributed by atoms with Gasteiger partial charge in [0.2, 0.25) is 0 Å². The van der Waals surface area contributed by atoms with E-state index in [0.29, 0.717) is 10.6 Å². The van der Waals surface area contributed by atoms with Crippen LogP contribution in [0.4, 0.5) is 4.39 Å². The molecule has 1 atom stereocenters. The number of benzene rings is 1. The summed E-state index contributed by atoms with van der Waals surface area (Å²) in [5, 5.41) is 0.406. The van der Waals surface area contributed by atoms with E-state index in [9.17, 15) is 9.18 Å². The zero-order chi connectivity index (χ0) is 11.4. The SMILES string of the molecule is COC(=O)[C@H](N)Cc1cc(Cl)ccc1F.Cl. The molecule has 6 heteroatoms. The number of hydrogen-bond acceptors (Lipinski definition) is 3. The van der Waals surface area contributed by atoms with Crippen LogP contribution in [0.1, 0.15) is 5.56 Å². The van der Waals surface area contributed by atoms with Gasteiger partial charge in [-0.25, -0.2) is 4.39 Å². The summed E-state index contributed by atoms with van der Waals surface area (Å²) in [6.07, 6.45) is 0.0685. The van der Waals surface area contributed by atoms with E-state index in [-0.39, 0.29) is 18.8 Å². The van der Waals surface area contributed by atoms with E-state index < -0.39 is 17.8 Å². The summed E-state index contributed by atoms with van der Waals surface area (Å²) < 4.78 is 17.7.